The Kier molecular flexibility index (Phi) is 6.78. The second-order valence-corrected chi connectivity index (χ2v) is 9.75. The Labute approximate surface area is 217 Å². The minimum Gasteiger partial charge on any atom is -0.390 e. The number of rotatable bonds is 7. The minimum absolute atomic E-state index is 0.0728. The smallest absolute Gasteiger partial charge is 0.333 e. The maximum Gasteiger partial charge on any atom is 0.333 e. The van der Waals surface area contributed by atoms with Gasteiger partial charge in [0.2, 0.25) is 5.95 Å². The number of aliphatic hydroxyl groups is 1. The monoisotopic (exact) mass is 527 g/mol. The molecule has 200 valence electrons. The molecule has 5 rings (SSSR count). The van der Waals surface area contributed by atoms with Crippen molar-refractivity contribution >= 4 is 17.3 Å². The third kappa shape index (κ3) is 5.32. The normalized spacial score (nSPS) is 19.6. The fourth-order valence-corrected chi connectivity index (χ4v) is 4.61. The molecule has 0 spiro atoms. The molecule has 0 saturated heterocycles. The van der Waals surface area contributed by atoms with Crippen LogP contribution in [0.15, 0.2) is 36.8 Å². The number of alkyl halides is 2. The van der Waals surface area contributed by atoms with Crippen molar-refractivity contribution in [1.82, 2.24) is 34.5 Å². The van der Waals surface area contributed by atoms with Crippen LogP contribution in [0.2, 0.25) is 0 Å². The molecule has 13 heteroatoms. The van der Waals surface area contributed by atoms with Gasteiger partial charge in [-0.1, -0.05) is 0 Å². The summed E-state index contributed by atoms with van der Waals surface area (Å²) >= 11 is 0. The van der Waals surface area contributed by atoms with Crippen LogP contribution in [0.5, 0.6) is 0 Å². The molecule has 0 amide bonds. The average molecular weight is 528 g/mol. The fourth-order valence-electron chi connectivity index (χ4n) is 4.61. The molecule has 0 aliphatic heterocycles. The van der Waals surface area contributed by atoms with Gasteiger partial charge >= 0.3 is 6.55 Å². The van der Waals surface area contributed by atoms with E-state index < -0.39 is 18.1 Å². The van der Waals surface area contributed by atoms with E-state index in [2.05, 4.69) is 35.8 Å². The van der Waals surface area contributed by atoms with Gasteiger partial charge in [0.15, 0.2) is 5.82 Å². The van der Waals surface area contributed by atoms with Crippen LogP contribution in [0.25, 0.3) is 22.6 Å². The predicted molar refractivity (Wildman–Crippen MR) is 135 cm³/mol. The van der Waals surface area contributed by atoms with E-state index in [1.165, 1.54) is 25.5 Å². The van der Waals surface area contributed by atoms with Gasteiger partial charge in [-0.3, -0.25) is 0 Å². The Balaban J connectivity index is 1.45. The lowest BCUT2D eigenvalue weighted by molar-refractivity contribution is 0.0196. The molecule has 0 bridgehead atoms. The third-order valence-electron chi connectivity index (χ3n) is 6.70. The van der Waals surface area contributed by atoms with Crippen LogP contribution in [0.3, 0.4) is 0 Å². The predicted octanol–water partition coefficient (Wildman–Crippen LogP) is 4.83. The van der Waals surface area contributed by atoms with Crippen LogP contribution in [-0.4, -0.2) is 51.3 Å². The number of nitrogens with one attached hydrogen (secondary N) is 2. The van der Waals surface area contributed by atoms with Crippen LogP contribution >= 0.6 is 0 Å². The van der Waals surface area contributed by atoms with Gasteiger partial charge < -0.3 is 15.7 Å². The molecular formula is C25H28F3N9O. The summed E-state index contributed by atoms with van der Waals surface area (Å²) in [4.78, 5) is 13.1. The molecule has 0 atom stereocenters. The lowest BCUT2D eigenvalue weighted by atomic mass is 9.83. The van der Waals surface area contributed by atoms with Crippen molar-refractivity contribution in [1.29, 1.82) is 0 Å². The highest BCUT2D eigenvalue weighted by atomic mass is 19.3. The zero-order chi connectivity index (χ0) is 27.0. The number of aromatic nitrogens is 7. The first-order valence-electron chi connectivity index (χ1n) is 12.2. The third-order valence-corrected chi connectivity index (χ3v) is 6.70. The van der Waals surface area contributed by atoms with Gasteiger partial charge in [0, 0.05) is 49.0 Å². The summed E-state index contributed by atoms with van der Waals surface area (Å²) in [5.41, 5.74) is 1.54. The first kappa shape index (κ1) is 25.6. The molecule has 38 heavy (non-hydrogen) atoms. The summed E-state index contributed by atoms with van der Waals surface area (Å²) in [6, 6.07) is 4.96. The van der Waals surface area contributed by atoms with Crippen molar-refractivity contribution in [2.24, 2.45) is 7.05 Å². The van der Waals surface area contributed by atoms with Gasteiger partial charge in [0.05, 0.1) is 22.6 Å². The molecule has 1 aliphatic carbocycles. The summed E-state index contributed by atoms with van der Waals surface area (Å²) in [5, 5.41) is 25.0. The Morgan fingerprint density at radius 3 is 2.55 bits per heavy atom. The van der Waals surface area contributed by atoms with E-state index in [4.69, 9.17) is 0 Å². The molecule has 0 unspecified atom stereocenters. The Morgan fingerprint density at radius 2 is 1.89 bits per heavy atom. The van der Waals surface area contributed by atoms with E-state index in [1.54, 1.807) is 25.3 Å². The maximum absolute atomic E-state index is 14.6. The Bertz CT molecular complexity index is 1440. The van der Waals surface area contributed by atoms with E-state index in [1.807, 2.05) is 6.92 Å². The number of halogens is 3. The molecule has 3 N–H and O–H groups in total. The lowest BCUT2D eigenvalue weighted by Gasteiger charge is -2.34. The molecule has 1 fully saturated rings. The Hall–Kier alpha value is -4.00. The molecule has 1 aliphatic rings. The summed E-state index contributed by atoms with van der Waals surface area (Å²) in [6.45, 7) is 0.754. The van der Waals surface area contributed by atoms with Gasteiger partial charge in [-0.15, -0.1) is 0 Å². The Morgan fingerprint density at radius 1 is 1.13 bits per heavy atom. The van der Waals surface area contributed by atoms with Gasteiger partial charge in [0.25, 0.3) is 0 Å². The summed E-state index contributed by atoms with van der Waals surface area (Å²) in [6.07, 6.45) is 7.05. The van der Waals surface area contributed by atoms with Crippen LogP contribution < -0.4 is 10.6 Å². The van der Waals surface area contributed by atoms with Gasteiger partial charge in [-0.05, 0) is 51.7 Å². The van der Waals surface area contributed by atoms with Crippen molar-refractivity contribution in [3.63, 3.8) is 0 Å². The number of nitrogens with zero attached hydrogens (tertiary/aromatic N) is 7. The summed E-state index contributed by atoms with van der Waals surface area (Å²) < 4.78 is 42.6. The maximum atomic E-state index is 14.6. The van der Waals surface area contributed by atoms with E-state index >= 15 is 0 Å². The quantitative estimate of drug-likeness (QED) is 0.313. The van der Waals surface area contributed by atoms with Crippen LogP contribution in [-0.2, 0) is 7.05 Å². The molecule has 10 nitrogen and oxygen atoms in total. The SMILES string of the molecule is Cc1nn(C)c(F)c1-c1nccc(Nc2cc(NC3CCC(C)(O)CC3)c(-c3ccn(C(F)F)n3)cn2)n1. The average Bonchev–Trinajstić information content (AvgIpc) is 3.45. The number of hydrogen-bond donors (Lipinski definition) is 3. The topological polar surface area (TPSA) is 119 Å². The fraction of sp³-hybridized carbons (Fsp3) is 0.400. The van der Waals surface area contributed by atoms with Gasteiger partial charge in [0.1, 0.15) is 11.6 Å². The molecular weight excluding hydrogens is 499 g/mol. The highest BCUT2D eigenvalue weighted by molar-refractivity contribution is 5.78. The first-order chi connectivity index (χ1) is 18.1. The zero-order valence-electron chi connectivity index (χ0n) is 21.2. The van der Waals surface area contributed by atoms with E-state index in [-0.39, 0.29) is 17.4 Å². The van der Waals surface area contributed by atoms with Crippen molar-refractivity contribution in [3.8, 4) is 22.6 Å². The second kappa shape index (κ2) is 10.0. The number of hydrogen-bond acceptors (Lipinski definition) is 8. The lowest BCUT2D eigenvalue weighted by Crippen LogP contribution is -2.35. The largest absolute Gasteiger partial charge is 0.390 e. The number of aryl methyl sites for hydroxylation is 2. The summed E-state index contributed by atoms with van der Waals surface area (Å²) in [5.74, 6) is 0.461. The number of anilines is 3. The molecule has 1 saturated carbocycles. The summed E-state index contributed by atoms with van der Waals surface area (Å²) in [7, 11) is 1.51. The number of pyridine rings is 1. The zero-order valence-corrected chi connectivity index (χ0v) is 21.2. The molecule has 0 radical (unpaired) electrons. The van der Waals surface area contributed by atoms with Crippen molar-refractivity contribution in [3.05, 3.63) is 48.4 Å². The highest BCUT2D eigenvalue weighted by Crippen LogP contribution is 2.34. The molecule has 4 aromatic rings. The van der Waals surface area contributed by atoms with E-state index in [0.29, 0.717) is 51.8 Å². The van der Waals surface area contributed by atoms with Crippen molar-refractivity contribution in [2.75, 3.05) is 10.6 Å². The van der Waals surface area contributed by atoms with Gasteiger partial charge in [-0.2, -0.15) is 23.4 Å². The molecule has 4 heterocycles. The van der Waals surface area contributed by atoms with E-state index in [9.17, 15) is 18.3 Å². The van der Waals surface area contributed by atoms with Crippen LogP contribution in [0.1, 0.15) is 44.9 Å². The van der Waals surface area contributed by atoms with E-state index in [0.717, 1.165) is 17.5 Å². The second-order valence-electron chi connectivity index (χ2n) is 9.75. The van der Waals surface area contributed by atoms with Crippen LogP contribution in [0, 0.1) is 12.9 Å². The van der Waals surface area contributed by atoms with Gasteiger partial charge in [-0.25, -0.2) is 24.3 Å². The first-order valence-corrected chi connectivity index (χ1v) is 12.2. The van der Waals surface area contributed by atoms with Crippen molar-refractivity contribution in [2.45, 2.75) is 57.7 Å². The van der Waals surface area contributed by atoms with Crippen LogP contribution in [0.4, 0.5) is 30.5 Å². The van der Waals surface area contributed by atoms with Crippen molar-refractivity contribution < 1.29 is 18.3 Å². The molecule has 4 aromatic heterocycles. The highest BCUT2D eigenvalue weighted by Gasteiger charge is 2.29. The molecule has 0 aromatic carbocycles. The minimum atomic E-state index is -2.75. The standard InChI is InChI=1S/C25H28F3N9O/c1-14-21(22(26)36(3)34-14)23-29-10-6-19(33-23)32-20-12-18(31-15-4-8-25(2,38)9-5-15)16(13-30-20)17-7-11-37(35-17)24(27)28/h6-7,10-13,15,24,38H,4-5,8-9H2,1-3H3,(H2,29,30,31,32,33).